The third-order valence-electron chi connectivity index (χ3n) is 3.21. The number of methoxy groups -OCH3 is 1. The largest absolute Gasteiger partial charge is 0.495 e. The number of benzene rings is 1. The Morgan fingerprint density at radius 1 is 1.58 bits per heavy atom. The highest BCUT2D eigenvalue weighted by Crippen LogP contribution is 2.37. The summed E-state index contributed by atoms with van der Waals surface area (Å²) in [7, 11) is 1.31. The highest BCUT2D eigenvalue weighted by molar-refractivity contribution is 9.10. The molecular weight excluding hydrogens is 324 g/mol. The summed E-state index contributed by atoms with van der Waals surface area (Å²) in [5.41, 5.74) is -0.156. The van der Waals surface area contributed by atoms with Crippen molar-refractivity contribution >= 4 is 21.9 Å². The summed E-state index contributed by atoms with van der Waals surface area (Å²) in [5.74, 6) is -3.05. The van der Waals surface area contributed by atoms with Gasteiger partial charge < -0.3 is 15.2 Å². The minimum Gasteiger partial charge on any atom is -0.495 e. The number of nitrogens with one attached hydrogen (secondary N) is 1. The molecule has 104 valence electrons. The molecule has 0 amide bonds. The number of ether oxygens (including phenoxy) is 1. The third-order valence-corrected chi connectivity index (χ3v) is 3.95. The zero-order valence-corrected chi connectivity index (χ0v) is 11.6. The van der Waals surface area contributed by atoms with E-state index in [-0.39, 0.29) is 28.8 Å². The molecule has 0 bridgehead atoms. The van der Waals surface area contributed by atoms with Crippen molar-refractivity contribution in [3.05, 3.63) is 27.7 Å². The SMILES string of the molecule is COc1cc(F)c(C2CC(C(=O)O)CN2)c(F)c1Br. The second kappa shape index (κ2) is 5.42. The number of carboxylic acid groups (broad SMARTS) is 1. The number of hydrogen-bond acceptors (Lipinski definition) is 3. The van der Waals surface area contributed by atoms with Crippen LogP contribution in [0.1, 0.15) is 18.0 Å². The van der Waals surface area contributed by atoms with E-state index in [4.69, 9.17) is 9.84 Å². The van der Waals surface area contributed by atoms with E-state index in [2.05, 4.69) is 21.2 Å². The van der Waals surface area contributed by atoms with Gasteiger partial charge in [0.25, 0.3) is 0 Å². The van der Waals surface area contributed by atoms with Crippen molar-refractivity contribution < 1.29 is 23.4 Å². The molecule has 1 aliphatic rings. The lowest BCUT2D eigenvalue weighted by atomic mass is 9.99. The topological polar surface area (TPSA) is 58.6 Å². The maximum absolute atomic E-state index is 14.1. The van der Waals surface area contributed by atoms with Crippen LogP contribution in [0.5, 0.6) is 5.75 Å². The molecular formula is C12H12BrF2NO3. The molecule has 1 aromatic carbocycles. The summed E-state index contributed by atoms with van der Waals surface area (Å²) < 4.78 is 32.9. The molecule has 0 aromatic heterocycles. The minimum atomic E-state index is -0.969. The fourth-order valence-corrected chi connectivity index (χ4v) is 2.69. The van der Waals surface area contributed by atoms with Crippen molar-refractivity contribution in [2.45, 2.75) is 12.5 Å². The predicted molar refractivity (Wildman–Crippen MR) is 67.1 cm³/mol. The van der Waals surface area contributed by atoms with Crippen molar-refractivity contribution in [2.24, 2.45) is 5.92 Å². The first-order valence-electron chi connectivity index (χ1n) is 5.63. The molecule has 0 aliphatic carbocycles. The van der Waals surface area contributed by atoms with Gasteiger partial charge in [-0.2, -0.15) is 0 Å². The number of aliphatic carboxylic acids is 1. The molecule has 0 radical (unpaired) electrons. The van der Waals surface area contributed by atoms with Crippen molar-refractivity contribution in [1.82, 2.24) is 5.32 Å². The highest BCUT2D eigenvalue weighted by atomic mass is 79.9. The van der Waals surface area contributed by atoms with Crippen LogP contribution in [0.2, 0.25) is 0 Å². The summed E-state index contributed by atoms with van der Waals surface area (Å²) in [6.45, 7) is 0.197. The normalized spacial score (nSPS) is 22.5. The second-order valence-electron chi connectivity index (χ2n) is 4.33. The standard InChI is InChI=1S/C12H12BrF2NO3/c1-19-8-3-6(14)9(11(15)10(8)13)7-2-5(4-16-7)12(17)18/h3,5,7,16H,2,4H2,1H3,(H,17,18). The quantitative estimate of drug-likeness (QED) is 0.833. The van der Waals surface area contributed by atoms with Gasteiger partial charge in [0.15, 0.2) is 0 Å². The first kappa shape index (κ1) is 14.2. The fourth-order valence-electron chi connectivity index (χ4n) is 2.20. The molecule has 2 atom stereocenters. The van der Waals surface area contributed by atoms with Crippen LogP contribution in [-0.4, -0.2) is 24.7 Å². The molecule has 1 aromatic rings. The van der Waals surface area contributed by atoms with Crippen LogP contribution in [-0.2, 0) is 4.79 Å². The highest BCUT2D eigenvalue weighted by Gasteiger charge is 2.34. The van der Waals surface area contributed by atoms with Gasteiger partial charge in [-0.05, 0) is 22.4 Å². The van der Waals surface area contributed by atoms with Gasteiger partial charge in [0.05, 0.1) is 17.5 Å². The van der Waals surface area contributed by atoms with Crippen molar-refractivity contribution in [2.75, 3.05) is 13.7 Å². The Kier molecular flexibility index (Phi) is 4.05. The molecule has 0 spiro atoms. The van der Waals surface area contributed by atoms with Gasteiger partial charge >= 0.3 is 5.97 Å². The third kappa shape index (κ3) is 2.57. The van der Waals surface area contributed by atoms with E-state index in [9.17, 15) is 13.6 Å². The zero-order valence-electron chi connectivity index (χ0n) is 10.0. The van der Waals surface area contributed by atoms with Gasteiger partial charge in [-0.15, -0.1) is 0 Å². The van der Waals surface area contributed by atoms with Gasteiger partial charge in [-0.3, -0.25) is 4.79 Å². The van der Waals surface area contributed by atoms with Crippen LogP contribution in [0.3, 0.4) is 0 Å². The number of rotatable bonds is 3. The molecule has 7 heteroatoms. The predicted octanol–water partition coefficient (Wildman–Crippen LogP) is 2.47. The summed E-state index contributed by atoms with van der Waals surface area (Å²) in [5, 5.41) is 11.7. The van der Waals surface area contributed by atoms with Gasteiger partial charge in [-0.25, -0.2) is 8.78 Å². The lowest BCUT2D eigenvalue weighted by Crippen LogP contribution is -2.18. The van der Waals surface area contributed by atoms with Crippen LogP contribution in [0.15, 0.2) is 10.5 Å². The number of carboxylic acids is 1. The molecule has 0 saturated carbocycles. The summed E-state index contributed by atoms with van der Waals surface area (Å²) in [6, 6.07) is 0.432. The van der Waals surface area contributed by atoms with E-state index in [1.165, 1.54) is 7.11 Å². The summed E-state index contributed by atoms with van der Waals surface area (Å²) >= 11 is 3.01. The average molecular weight is 336 g/mol. The van der Waals surface area contributed by atoms with Gasteiger partial charge in [0, 0.05) is 24.2 Å². The molecule has 2 unspecified atom stereocenters. The van der Waals surface area contributed by atoms with E-state index < -0.39 is 29.6 Å². The van der Waals surface area contributed by atoms with E-state index in [0.29, 0.717) is 0 Å². The number of halogens is 3. The Hall–Kier alpha value is -1.21. The molecule has 19 heavy (non-hydrogen) atoms. The van der Waals surface area contributed by atoms with E-state index in [1.54, 1.807) is 0 Å². The van der Waals surface area contributed by atoms with Crippen molar-refractivity contribution in [3.8, 4) is 5.75 Å². The molecule has 1 fully saturated rings. The molecule has 2 rings (SSSR count). The van der Waals surface area contributed by atoms with Crippen LogP contribution >= 0.6 is 15.9 Å². The molecule has 1 heterocycles. The Morgan fingerprint density at radius 2 is 2.26 bits per heavy atom. The lowest BCUT2D eigenvalue weighted by Gasteiger charge is -2.15. The smallest absolute Gasteiger partial charge is 0.307 e. The monoisotopic (exact) mass is 335 g/mol. The first-order chi connectivity index (χ1) is 8.95. The van der Waals surface area contributed by atoms with Gasteiger partial charge in [0.2, 0.25) is 0 Å². The Morgan fingerprint density at radius 3 is 2.79 bits per heavy atom. The number of hydrogen-bond donors (Lipinski definition) is 2. The van der Waals surface area contributed by atoms with E-state index >= 15 is 0 Å². The molecule has 1 saturated heterocycles. The van der Waals surface area contributed by atoms with E-state index in [0.717, 1.165) is 6.07 Å². The maximum atomic E-state index is 14.1. The Labute approximate surface area is 116 Å². The Balaban J connectivity index is 2.36. The first-order valence-corrected chi connectivity index (χ1v) is 6.42. The van der Waals surface area contributed by atoms with E-state index in [1.807, 2.05) is 0 Å². The van der Waals surface area contributed by atoms with Crippen LogP contribution in [0.25, 0.3) is 0 Å². The van der Waals surface area contributed by atoms with Crippen molar-refractivity contribution in [3.63, 3.8) is 0 Å². The molecule has 1 aliphatic heterocycles. The zero-order chi connectivity index (χ0) is 14.2. The lowest BCUT2D eigenvalue weighted by molar-refractivity contribution is -0.141. The molecule has 4 nitrogen and oxygen atoms in total. The minimum absolute atomic E-state index is 0.0342. The Bertz CT molecular complexity index is 524. The summed E-state index contributed by atoms with van der Waals surface area (Å²) in [6.07, 6.45) is 0.155. The van der Waals surface area contributed by atoms with Gasteiger partial charge in [0.1, 0.15) is 17.4 Å². The van der Waals surface area contributed by atoms with Crippen LogP contribution in [0.4, 0.5) is 8.78 Å². The second-order valence-corrected chi connectivity index (χ2v) is 5.13. The van der Waals surface area contributed by atoms with Crippen molar-refractivity contribution in [1.29, 1.82) is 0 Å². The summed E-state index contributed by atoms with van der Waals surface area (Å²) in [4.78, 5) is 10.9. The fraction of sp³-hybridized carbons (Fsp3) is 0.417. The van der Waals surface area contributed by atoms with Crippen LogP contribution in [0, 0.1) is 17.6 Å². The van der Waals surface area contributed by atoms with Gasteiger partial charge in [-0.1, -0.05) is 0 Å². The van der Waals surface area contributed by atoms with Crippen LogP contribution < -0.4 is 10.1 Å². The number of carbonyl (C=O) groups is 1. The molecule has 2 N–H and O–H groups in total. The average Bonchev–Trinajstić information content (AvgIpc) is 2.83. The maximum Gasteiger partial charge on any atom is 0.307 e.